The van der Waals surface area contributed by atoms with Gasteiger partial charge in [-0.3, -0.25) is 14.5 Å². The van der Waals surface area contributed by atoms with Crippen molar-refractivity contribution >= 4 is 29.0 Å². The van der Waals surface area contributed by atoms with Gasteiger partial charge in [0.1, 0.15) is 18.1 Å². The lowest BCUT2D eigenvalue weighted by Gasteiger charge is -2.13. The highest BCUT2D eigenvalue weighted by atomic mass is 32.2. The summed E-state index contributed by atoms with van der Waals surface area (Å²) >= 11 is 0.964. The van der Waals surface area contributed by atoms with Crippen molar-refractivity contribution in [3.05, 3.63) is 82.0 Å². The molecule has 4 rings (SSSR count). The summed E-state index contributed by atoms with van der Waals surface area (Å²) in [4.78, 5) is 27.0. The van der Waals surface area contributed by atoms with Gasteiger partial charge in [-0.05, 0) is 74.5 Å². The van der Waals surface area contributed by atoms with Crippen LogP contribution in [0.25, 0.3) is 11.8 Å². The van der Waals surface area contributed by atoms with Gasteiger partial charge in [0.2, 0.25) is 0 Å². The monoisotopic (exact) mass is 462 g/mol. The number of ether oxygens (including phenoxy) is 2. The van der Waals surface area contributed by atoms with Crippen LogP contribution in [-0.2, 0) is 4.79 Å². The van der Waals surface area contributed by atoms with Gasteiger partial charge in [0.05, 0.1) is 18.6 Å². The predicted molar refractivity (Wildman–Crippen MR) is 131 cm³/mol. The van der Waals surface area contributed by atoms with Crippen molar-refractivity contribution in [2.75, 3.05) is 20.3 Å². The van der Waals surface area contributed by atoms with Crippen LogP contribution in [0.15, 0.2) is 59.5 Å². The van der Waals surface area contributed by atoms with Gasteiger partial charge < -0.3 is 14.0 Å². The van der Waals surface area contributed by atoms with Crippen LogP contribution >= 0.6 is 11.8 Å². The maximum atomic E-state index is 12.9. The van der Waals surface area contributed by atoms with E-state index in [1.54, 1.807) is 13.2 Å². The summed E-state index contributed by atoms with van der Waals surface area (Å²) in [5, 5.41) is -0.277. The highest BCUT2D eigenvalue weighted by Gasteiger charge is 2.35. The molecule has 0 radical (unpaired) electrons. The van der Waals surface area contributed by atoms with Crippen molar-refractivity contribution in [1.29, 1.82) is 0 Å². The number of hydrogen-bond donors (Lipinski definition) is 0. The molecule has 1 aliphatic heterocycles. The van der Waals surface area contributed by atoms with Crippen molar-refractivity contribution in [1.82, 2.24) is 9.47 Å². The second kappa shape index (κ2) is 9.58. The number of thioether (sulfide) groups is 1. The maximum absolute atomic E-state index is 12.9. The first-order chi connectivity index (χ1) is 15.9. The SMILES string of the molecule is COc1cccc(-n2c(C)cc(/C=C3\SC(=O)N(CCOc4ccc(C)cc4)C3=O)c2C)c1. The molecule has 33 heavy (non-hydrogen) atoms. The molecule has 170 valence electrons. The lowest BCUT2D eigenvalue weighted by atomic mass is 10.2. The van der Waals surface area contributed by atoms with E-state index >= 15 is 0 Å². The Morgan fingerprint density at radius 3 is 2.45 bits per heavy atom. The number of carbonyl (C=O) groups excluding carboxylic acids is 2. The predicted octanol–water partition coefficient (Wildman–Crippen LogP) is 5.53. The third-order valence-electron chi connectivity index (χ3n) is 5.55. The third kappa shape index (κ3) is 4.83. The lowest BCUT2D eigenvalue weighted by Crippen LogP contribution is -2.32. The number of nitrogens with zero attached hydrogens (tertiary/aromatic N) is 2. The van der Waals surface area contributed by atoms with E-state index in [-0.39, 0.29) is 24.3 Å². The fourth-order valence-corrected chi connectivity index (χ4v) is 4.66. The summed E-state index contributed by atoms with van der Waals surface area (Å²) in [7, 11) is 1.64. The number of methoxy groups -OCH3 is 1. The first kappa shape index (κ1) is 22.7. The number of rotatable bonds is 7. The van der Waals surface area contributed by atoms with Crippen LogP contribution in [0, 0.1) is 20.8 Å². The Bertz CT molecular complexity index is 1230. The molecule has 2 amide bonds. The third-order valence-corrected chi connectivity index (χ3v) is 6.45. The van der Waals surface area contributed by atoms with E-state index in [0.29, 0.717) is 10.7 Å². The molecule has 1 saturated heterocycles. The maximum Gasteiger partial charge on any atom is 0.293 e. The number of imide groups is 1. The van der Waals surface area contributed by atoms with E-state index in [4.69, 9.17) is 9.47 Å². The fraction of sp³-hybridized carbons (Fsp3) is 0.231. The van der Waals surface area contributed by atoms with Gasteiger partial charge >= 0.3 is 0 Å². The van der Waals surface area contributed by atoms with Crippen molar-refractivity contribution in [2.45, 2.75) is 20.8 Å². The number of amides is 2. The van der Waals surface area contributed by atoms with Crippen LogP contribution in [0.2, 0.25) is 0 Å². The average molecular weight is 463 g/mol. The Morgan fingerprint density at radius 1 is 0.970 bits per heavy atom. The molecule has 7 heteroatoms. The standard InChI is InChI=1S/C26H26N2O4S/c1-17-8-10-22(11-9-17)32-13-12-27-25(29)24(33-26(27)30)15-20-14-18(2)28(19(20)3)21-6-5-7-23(16-21)31-4/h5-11,14-16H,12-13H2,1-4H3/b24-15-. The zero-order valence-corrected chi connectivity index (χ0v) is 19.9. The molecule has 0 spiro atoms. The van der Waals surface area contributed by atoms with Gasteiger partial charge in [-0.2, -0.15) is 0 Å². The Kier molecular flexibility index (Phi) is 6.60. The fourth-order valence-electron chi connectivity index (χ4n) is 3.80. The molecular weight excluding hydrogens is 436 g/mol. The van der Waals surface area contributed by atoms with Gasteiger partial charge in [0.25, 0.3) is 11.1 Å². The molecule has 6 nitrogen and oxygen atoms in total. The van der Waals surface area contributed by atoms with Gasteiger partial charge in [-0.15, -0.1) is 0 Å². The van der Waals surface area contributed by atoms with Crippen LogP contribution in [0.1, 0.15) is 22.5 Å². The topological polar surface area (TPSA) is 60.8 Å². The highest BCUT2D eigenvalue weighted by molar-refractivity contribution is 8.18. The quantitative estimate of drug-likeness (QED) is 0.432. The van der Waals surface area contributed by atoms with Gasteiger partial charge in [-0.1, -0.05) is 23.8 Å². The van der Waals surface area contributed by atoms with E-state index in [0.717, 1.165) is 45.7 Å². The molecule has 1 aromatic heterocycles. The lowest BCUT2D eigenvalue weighted by molar-refractivity contribution is -0.123. The average Bonchev–Trinajstić information content (AvgIpc) is 3.24. The van der Waals surface area contributed by atoms with Crippen molar-refractivity contribution < 1.29 is 19.1 Å². The van der Waals surface area contributed by atoms with Crippen molar-refractivity contribution in [3.63, 3.8) is 0 Å². The first-order valence-electron chi connectivity index (χ1n) is 10.7. The minimum absolute atomic E-state index is 0.207. The first-order valence-corrected chi connectivity index (χ1v) is 11.5. The Labute approximate surface area is 197 Å². The summed E-state index contributed by atoms with van der Waals surface area (Å²) in [6.45, 7) is 6.47. The molecule has 3 aromatic rings. The summed E-state index contributed by atoms with van der Waals surface area (Å²) in [6.07, 6.45) is 1.80. The van der Waals surface area contributed by atoms with E-state index in [1.165, 1.54) is 4.90 Å². The molecular formula is C26H26N2O4S. The zero-order chi connectivity index (χ0) is 23.5. The van der Waals surface area contributed by atoms with Gasteiger partial charge in [-0.25, -0.2) is 0 Å². The Morgan fingerprint density at radius 2 is 1.73 bits per heavy atom. The molecule has 1 fully saturated rings. The Hall–Kier alpha value is -3.45. The Balaban J connectivity index is 1.49. The molecule has 0 unspecified atom stereocenters. The zero-order valence-electron chi connectivity index (χ0n) is 19.1. The van der Waals surface area contributed by atoms with E-state index in [2.05, 4.69) is 4.57 Å². The summed E-state index contributed by atoms with van der Waals surface area (Å²) < 4.78 is 13.1. The number of aromatic nitrogens is 1. The summed E-state index contributed by atoms with van der Waals surface area (Å²) in [6, 6.07) is 17.5. The minimum atomic E-state index is -0.288. The second-order valence-corrected chi connectivity index (χ2v) is 8.85. The molecule has 0 atom stereocenters. The van der Waals surface area contributed by atoms with Crippen molar-refractivity contribution in [3.8, 4) is 17.2 Å². The normalized spacial score (nSPS) is 14.9. The number of aryl methyl sites for hydroxylation is 2. The van der Waals surface area contributed by atoms with Crippen LogP contribution < -0.4 is 9.47 Å². The molecule has 1 aliphatic rings. The number of carbonyl (C=O) groups is 2. The van der Waals surface area contributed by atoms with Gasteiger partial charge in [0.15, 0.2) is 0 Å². The number of hydrogen-bond acceptors (Lipinski definition) is 5. The summed E-state index contributed by atoms with van der Waals surface area (Å²) in [5.74, 6) is 1.20. The molecule has 0 saturated carbocycles. The molecule has 0 aliphatic carbocycles. The van der Waals surface area contributed by atoms with Gasteiger partial charge in [0, 0.05) is 23.1 Å². The van der Waals surface area contributed by atoms with Crippen LogP contribution in [0.5, 0.6) is 11.5 Å². The van der Waals surface area contributed by atoms with Crippen LogP contribution in [0.3, 0.4) is 0 Å². The highest BCUT2D eigenvalue weighted by Crippen LogP contribution is 2.34. The van der Waals surface area contributed by atoms with Crippen LogP contribution in [-0.4, -0.2) is 40.9 Å². The molecule has 2 heterocycles. The molecule has 0 N–H and O–H groups in total. The summed E-state index contributed by atoms with van der Waals surface area (Å²) in [5.41, 5.74) is 5.03. The molecule has 0 bridgehead atoms. The van der Waals surface area contributed by atoms with Crippen LogP contribution in [0.4, 0.5) is 4.79 Å². The second-order valence-electron chi connectivity index (χ2n) is 7.86. The molecule has 2 aromatic carbocycles. The van der Waals surface area contributed by atoms with Crippen molar-refractivity contribution in [2.24, 2.45) is 0 Å². The largest absolute Gasteiger partial charge is 0.497 e. The smallest absolute Gasteiger partial charge is 0.293 e. The van der Waals surface area contributed by atoms with E-state index in [1.807, 2.05) is 75.4 Å². The number of benzene rings is 2. The minimum Gasteiger partial charge on any atom is -0.497 e. The van der Waals surface area contributed by atoms with E-state index in [9.17, 15) is 9.59 Å². The van der Waals surface area contributed by atoms with E-state index < -0.39 is 0 Å².